The summed E-state index contributed by atoms with van der Waals surface area (Å²) in [5.74, 6) is 1.56. The molecule has 0 N–H and O–H groups in total. The minimum absolute atomic E-state index is 0.0993. The number of nitro groups is 1. The van der Waals surface area contributed by atoms with Crippen LogP contribution in [-0.2, 0) is 0 Å². The van der Waals surface area contributed by atoms with Crippen LogP contribution in [-0.4, -0.2) is 36.1 Å². The normalized spacial score (nSPS) is 18.8. The first-order valence-electron chi connectivity index (χ1n) is 7.75. The van der Waals surface area contributed by atoms with Gasteiger partial charge in [-0.3, -0.25) is 10.1 Å². The molecule has 1 fully saturated rings. The molecule has 5 nitrogen and oxygen atoms in total. The van der Waals surface area contributed by atoms with Crippen LogP contribution < -0.4 is 4.74 Å². The molecule has 5 heteroatoms. The van der Waals surface area contributed by atoms with E-state index in [1.165, 1.54) is 44.6 Å². The second-order valence-electron chi connectivity index (χ2n) is 5.85. The van der Waals surface area contributed by atoms with Crippen LogP contribution in [0.2, 0.25) is 0 Å². The fraction of sp³-hybridized carbons (Fsp3) is 0.625. The molecule has 2 rings (SSSR count). The summed E-state index contributed by atoms with van der Waals surface area (Å²) >= 11 is 0. The van der Waals surface area contributed by atoms with Crippen molar-refractivity contribution in [2.24, 2.45) is 5.92 Å². The summed E-state index contributed by atoms with van der Waals surface area (Å²) < 4.78 is 5.59. The molecule has 116 valence electrons. The van der Waals surface area contributed by atoms with E-state index >= 15 is 0 Å². The van der Waals surface area contributed by atoms with Crippen molar-refractivity contribution in [1.82, 2.24) is 4.90 Å². The van der Waals surface area contributed by atoms with Gasteiger partial charge in [0.1, 0.15) is 5.75 Å². The summed E-state index contributed by atoms with van der Waals surface area (Å²) in [6.07, 6.45) is 4.75. The Hall–Kier alpha value is -1.62. The van der Waals surface area contributed by atoms with E-state index in [1.54, 1.807) is 12.1 Å². The van der Waals surface area contributed by atoms with E-state index in [9.17, 15) is 10.1 Å². The van der Waals surface area contributed by atoms with Crippen LogP contribution >= 0.6 is 0 Å². The van der Waals surface area contributed by atoms with Gasteiger partial charge in [-0.25, -0.2) is 0 Å². The molecule has 0 amide bonds. The zero-order chi connectivity index (χ0) is 15.1. The minimum atomic E-state index is -0.400. The van der Waals surface area contributed by atoms with Gasteiger partial charge in [0, 0.05) is 18.7 Å². The smallest absolute Gasteiger partial charge is 0.269 e. The lowest BCUT2D eigenvalue weighted by Gasteiger charge is -2.14. The van der Waals surface area contributed by atoms with Crippen molar-refractivity contribution in [1.29, 1.82) is 0 Å². The Balaban J connectivity index is 1.54. The number of ether oxygens (including phenoxy) is 1. The van der Waals surface area contributed by atoms with Gasteiger partial charge in [0.05, 0.1) is 11.5 Å². The van der Waals surface area contributed by atoms with Gasteiger partial charge in [0.2, 0.25) is 0 Å². The number of likely N-dealkylation sites (tertiary alicyclic amines) is 1. The van der Waals surface area contributed by atoms with Gasteiger partial charge >= 0.3 is 0 Å². The molecule has 1 atom stereocenters. The lowest BCUT2D eigenvalue weighted by atomic mass is 10.2. The highest BCUT2D eigenvalue weighted by Crippen LogP contribution is 2.18. The molecule has 0 aromatic heterocycles. The molecule has 0 bridgehead atoms. The number of non-ortho nitro benzene ring substituents is 1. The lowest BCUT2D eigenvalue weighted by Crippen LogP contribution is -2.21. The Morgan fingerprint density at radius 1 is 1.29 bits per heavy atom. The highest BCUT2D eigenvalue weighted by molar-refractivity contribution is 5.35. The van der Waals surface area contributed by atoms with Gasteiger partial charge in [-0.2, -0.15) is 0 Å². The molecule has 1 aromatic rings. The average molecular weight is 292 g/mol. The molecule has 0 aliphatic carbocycles. The number of nitro benzene ring substituents is 1. The number of benzene rings is 1. The van der Waals surface area contributed by atoms with Crippen molar-refractivity contribution in [3.05, 3.63) is 34.4 Å². The molecule has 1 unspecified atom stereocenters. The topological polar surface area (TPSA) is 55.6 Å². The summed E-state index contributed by atoms with van der Waals surface area (Å²) in [5.41, 5.74) is 0.0993. The van der Waals surface area contributed by atoms with Crippen molar-refractivity contribution in [2.45, 2.75) is 32.6 Å². The molecule has 1 aliphatic rings. The molecule has 1 aliphatic heterocycles. The van der Waals surface area contributed by atoms with Crippen molar-refractivity contribution in [3.8, 4) is 5.75 Å². The van der Waals surface area contributed by atoms with Crippen LogP contribution in [0.25, 0.3) is 0 Å². The number of hydrogen-bond donors (Lipinski definition) is 0. The number of rotatable bonds is 8. The molecular weight excluding hydrogens is 268 g/mol. The molecule has 1 heterocycles. The largest absolute Gasteiger partial charge is 0.494 e. The van der Waals surface area contributed by atoms with E-state index in [0.29, 0.717) is 12.4 Å². The Morgan fingerprint density at radius 3 is 2.67 bits per heavy atom. The molecule has 0 spiro atoms. The van der Waals surface area contributed by atoms with Crippen molar-refractivity contribution >= 4 is 5.69 Å². The Bertz CT molecular complexity index is 447. The fourth-order valence-electron chi connectivity index (χ4n) is 2.70. The van der Waals surface area contributed by atoms with E-state index < -0.39 is 4.92 Å². The maximum Gasteiger partial charge on any atom is 0.269 e. The Morgan fingerprint density at radius 2 is 2.05 bits per heavy atom. The SMILES string of the molecule is CC1CCN(CCCCCOc2ccc([N+](=O)[O-])cc2)C1. The number of nitrogens with zero attached hydrogens (tertiary/aromatic N) is 2. The van der Waals surface area contributed by atoms with E-state index in [1.807, 2.05) is 0 Å². The third-order valence-corrected chi connectivity index (χ3v) is 3.94. The zero-order valence-corrected chi connectivity index (χ0v) is 12.7. The highest BCUT2D eigenvalue weighted by atomic mass is 16.6. The van der Waals surface area contributed by atoms with Crippen LogP contribution in [0.15, 0.2) is 24.3 Å². The van der Waals surface area contributed by atoms with E-state index in [0.717, 1.165) is 18.8 Å². The summed E-state index contributed by atoms with van der Waals surface area (Å²) in [7, 11) is 0. The van der Waals surface area contributed by atoms with Crippen LogP contribution in [0.4, 0.5) is 5.69 Å². The quantitative estimate of drug-likeness (QED) is 0.418. The Labute approximate surface area is 126 Å². The Kier molecular flexibility index (Phi) is 5.99. The van der Waals surface area contributed by atoms with Crippen molar-refractivity contribution in [2.75, 3.05) is 26.2 Å². The van der Waals surface area contributed by atoms with E-state index in [-0.39, 0.29) is 5.69 Å². The van der Waals surface area contributed by atoms with Crippen LogP contribution in [0, 0.1) is 16.0 Å². The summed E-state index contributed by atoms with van der Waals surface area (Å²) in [5, 5.41) is 10.5. The van der Waals surface area contributed by atoms with Crippen molar-refractivity contribution in [3.63, 3.8) is 0 Å². The molecule has 1 aromatic carbocycles. The van der Waals surface area contributed by atoms with Gasteiger partial charge in [-0.05, 0) is 56.8 Å². The summed E-state index contributed by atoms with van der Waals surface area (Å²) in [4.78, 5) is 12.7. The van der Waals surface area contributed by atoms with Gasteiger partial charge < -0.3 is 9.64 Å². The first-order valence-corrected chi connectivity index (χ1v) is 7.75. The monoisotopic (exact) mass is 292 g/mol. The second kappa shape index (κ2) is 7.98. The van der Waals surface area contributed by atoms with Gasteiger partial charge in [0.15, 0.2) is 0 Å². The minimum Gasteiger partial charge on any atom is -0.494 e. The third kappa shape index (κ3) is 5.34. The van der Waals surface area contributed by atoms with Gasteiger partial charge in [-0.1, -0.05) is 6.92 Å². The van der Waals surface area contributed by atoms with Crippen molar-refractivity contribution < 1.29 is 9.66 Å². The lowest BCUT2D eigenvalue weighted by molar-refractivity contribution is -0.384. The number of hydrogen-bond acceptors (Lipinski definition) is 4. The van der Waals surface area contributed by atoms with E-state index in [4.69, 9.17) is 4.74 Å². The zero-order valence-electron chi connectivity index (χ0n) is 12.7. The number of unbranched alkanes of at least 4 members (excludes halogenated alkanes) is 2. The molecule has 0 radical (unpaired) electrons. The molecule has 1 saturated heterocycles. The van der Waals surface area contributed by atoms with Crippen LogP contribution in [0.5, 0.6) is 5.75 Å². The van der Waals surface area contributed by atoms with Crippen LogP contribution in [0.1, 0.15) is 32.6 Å². The maximum absolute atomic E-state index is 10.5. The molecule has 0 saturated carbocycles. The van der Waals surface area contributed by atoms with Gasteiger partial charge in [-0.15, -0.1) is 0 Å². The predicted molar refractivity (Wildman–Crippen MR) is 82.7 cm³/mol. The summed E-state index contributed by atoms with van der Waals surface area (Å²) in [6, 6.07) is 6.27. The predicted octanol–water partition coefficient (Wildman–Crippen LogP) is 3.49. The summed E-state index contributed by atoms with van der Waals surface area (Å²) in [6.45, 7) is 6.69. The fourth-order valence-corrected chi connectivity index (χ4v) is 2.70. The second-order valence-corrected chi connectivity index (χ2v) is 5.85. The standard InChI is InChI=1S/C16H24N2O3/c1-14-9-11-17(13-14)10-3-2-4-12-21-16-7-5-15(6-8-16)18(19)20/h5-8,14H,2-4,9-13H2,1H3. The van der Waals surface area contributed by atoms with Gasteiger partial charge in [0.25, 0.3) is 5.69 Å². The highest BCUT2D eigenvalue weighted by Gasteiger charge is 2.17. The first kappa shape index (κ1) is 15.8. The van der Waals surface area contributed by atoms with Crippen LogP contribution in [0.3, 0.4) is 0 Å². The van der Waals surface area contributed by atoms with E-state index in [2.05, 4.69) is 11.8 Å². The maximum atomic E-state index is 10.5. The average Bonchev–Trinajstić information content (AvgIpc) is 2.89. The third-order valence-electron chi connectivity index (χ3n) is 3.94. The molecular formula is C16H24N2O3. The molecule has 21 heavy (non-hydrogen) atoms. The first-order chi connectivity index (χ1) is 10.1.